The van der Waals surface area contributed by atoms with Gasteiger partial charge in [0, 0.05) is 17.3 Å². The minimum Gasteiger partial charge on any atom is -0.399 e. The molecule has 2 rings (SSSR count). The van der Waals surface area contributed by atoms with Gasteiger partial charge < -0.3 is 11.1 Å². The lowest BCUT2D eigenvalue weighted by atomic mass is 9.79. The van der Waals surface area contributed by atoms with Crippen LogP contribution >= 0.6 is 12.4 Å². The number of hydrogen-bond donors (Lipinski definition) is 2. The van der Waals surface area contributed by atoms with E-state index < -0.39 is 0 Å². The van der Waals surface area contributed by atoms with E-state index in [0.717, 1.165) is 24.7 Å². The molecule has 0 aliphatic heterocycles. The van der Waals surface area contributed by atoms with Crippen molar-refractivity contribution in [2.75, 3.05) is 5.73 Å². The Balaban J connectivity index is 0.00000200. The number of nitrogens with one attached hydrogen (secondary N) is 1. The minimum absolute atomic E-state index is 0. The maximum absolute atomic E-state index is 12.1. The van der Waals surface area contributed by atoms with E-state index in [9.17, 15) is 4.79 Å². The Bertz CT molecular complexity index is 440. The fourth-order valence-corrected chi connectivity index (χ4v) is 2.88. The highest BCUT2D eigenvalue weighted by molar-refractivity contribution is 5.95. The van der Waals surface area contributed by atoms with Gasteiger partial charge in [-0.25, -0.2) is 0 Å². The Morgan fingerprint density at radius 1 is 1.25 bits per heavy atom. The molecule has 1 aliphatic rings. The summed E-state index contributed by atoms with van der Waals surface area (Å²) in [6.07, 6.45) is 4.63. The molecule has 1 aromatic carbocycles. The Labute approximate surface area is 127 Å². The van der Waals surface area contributed by atoms with Crippen molar-refractivity contribution in [3.8, 4) is 0 Å². The maximum atomic E-state index is 12.1. The van der Waals surface area contributed by atoms with Crippen molar-refractivity contribution in [2.24, 2.45) is 11.8 Å². The highest BCUT2D eigenvalue weighted by Gasteiger charge is 2.24. The van der Waals surface area contributed by atoms with Crippen LogP contribution in [0.25, 0.3) is 0 Å². The average molecular weight is 297 g/mol. The van der Waals surface area contributed by atoms with Gasteiger partial charge in [-0.15, -0.1) is 12.4 Å². The van der Waals surface area contributed by atoms with Crippen LogP contribution in [0.1, 0.15) is 49.9 Å². The second kappa shape index (κ2) is 7.53. The molecule has 1 aromatic rings. The zero-order valence-corrected chi connectivity index (χ0v) is 13.1. The first-order chi connectivity index (χ1) is 9.06. The van der Waals surface area contributed by atoms with Crippen molar-refractivity contribution in [1.82, 2.24) is 5.32 Å². The quantitative estimate of drug-likeness (QED) is 0.837. The summed E-state index contributed by atoms with van der Waals surface area (Å²) < 4.78 is 0. The molecule has 0 aromatic heterocycles. The lowest BCUT2D eigenvalue weighted by molar-refractivity contribution is 0.0918. The highest BCUT2D eigenvalue weighted by Crippen LogP contribution is 2.29. The molecule has 4 heteroatoms. The number of anilines is 1. The van der Waals surface area contributed by atoms with Crippen LogP contribution in [0, 0.1) is 11.8 Å². The number of rotatable bonds is 3. The van der Waals surface area contributed by atoms with Crippen LogP contribution in [-0.4, -0.2) is 11.9 Å². The van der Waals surface area contributed by atoms with Gasteiger partial charge in [-0.3, -0.25) is 4.79 Å². The summed E-state index contributed by atoms with van der Waals surface area (Å²) in [5.41, 5.74) is 6.99. The molecule has 0 bridgehead atoms. The summed E-state index contributed by atoms with van der Waals surface area (Å²) in [5.74, 6) is 1.58. The van der Waals surface area contributed by atoms with Crippen LogP contribution in [0.5, 0.6) is 0 Å². The van der Waals surface area contributed by atoms with Gasteiger partial charge in [0.15, 0.2) is 0 Å². The molecule has 3 N–H and O–H groups in total. The number of carbonyl (C=O) groups is 1. The van der Waals surface area contributed by atoms with E-state index in [1.807, 2.05) is 12.1 Å². The van der Waals surface area contributed by atoms with E-state index in [4.69, 9.17) is 5.73 Å². The maximum Gasteiger partial charge on any atom is 0.251 e. The van der Waals surface area contributed by atoms with Crippen molar-refractivity contribution in [3.63, 3.8) is 0 Å². The van der Waals surface area contributed by atoms with Gasteiger partial charge in [0.05, 0.1) is 0 Å². The molecule has 0 saturated heterocycles. The van der Waals surface area contributed by atoms with Crippen LogP contribution in [0.3, 0.4) is 0 Å². The van der Waals surface area contributed by atoms with E-state index in [-0.39, 0.29) is 18.3 Å². The Kier molecular flexibility index (Phi) is 6.34. The molecule has 1 aliphatic carbocycles. The molecule has 3 nitrogen and oxygen atoms in total. The molecule has 0 atom stereocenters. The van der Waals surface area contributed by atoms with Gasteiger partial charge in [-0.1, -0.05) is 19.9 Å². The molecule has 1 fully saturated rings. The average Bonchev–Trinajstić information content (AvgIpc) is 2.39. The Morgan fingerprint density at radius 2 is 1.90 bits per heavy atom. The predicted octanol–water partition coefficient (Wildman–Crippen LogP) is 3.64. The van der Waals surface area contributed by atoms with Crippen molar-refractivity contribution in [3.05, 3.63) is 29.8 Å². The van der Waals surface area contributed by atoms with Crippen LogP contribution in [0.15, 0.2) is 24.3 Å². The van der Waals surface area contributed by atoms with E-state index in [1.165, 1.54) is 12.8 Å². The molecule has 0 spiro atoms. The number of carbonyl (C=O) groups excluding carboxylic acids is 1. The highest BCUT2D eigenvalue weighted by atomic mass is 35.5. The number of amides is 1. The van der Waals surface area contributed by atoms with Gasteiger partial charge in [0.1, 0.15) is 0 Å². The first-order valence-corrected chi connectivity index (χ1v) is 7.22. The van der Waals surface area contributed by atoms with Crippen LogP contribution in [0.4, 0.5) is 5.69 Å². The van der Waals surface area contributed by atoms with E-state index in [2.05, 4.69) is 19.2 Å². The topological polar surface area (TPSA) is 55.1 Å². The normalized spacial score (nSPS) is 22.1. The SMILES string of the molecule is CC(C)C1CCC(NC(=O)c2cccc(N)c2)CC1.Cl. The van der Waals surface area contributed by atoms with Crippen LogP contribution in [-0.2, 0) is 0 Å². The lowest BCUT2D eigenvalue weighted by Gasteiger charge is -2.31. The van der Waals surface area contributed by atoms with Crippen molar-refractivity contribution < 1.29 is 4.79 Å². The second-order valence-corrected chi connectivity index (χ2v) is 5.95. The van der Waals surface area contributed by atoms with Gasteiger partial charge in [-0.05, 0) is 55.7 Å². The van der Waals surface area contributed by atoms with Gasteiger partial charge in [0.25, 0.3) is 5.91 Å². The summed E-state index contributed by atoms with van der Waals surface area (Å²) in [4.78, 5) is 12.1. The first-order valence-electron chi connectivity index (χ1n) is 7.22. The van der Waals surface area contributed by atoms with E-state index >= 15 is 0 Å². The van der Waals surface area contributed by atoms with E-state index in [1.54, 1.807) is 12.1 Å². The summed E-state index contributed by atoms with van der Waals surface area (Å²) in [6, 6.07) is 7.48. The number of hydrogen-bond acceptors (Lipinski definition) is 2. The smallest absolute Gasteiger partial charge is 0.251 e. The number of halogens is 1. The number of benzene rings is 1. The molecule has 112 valence electrons. The molecule has 1 amide bonds. The number of nitrogen functional groups attached to an aromatic ring is 1. The summed E-state index contributed by atoms with van der Waals surface area (Å²) in [7, 11) is 0. The molecular weight excluding hydrogens is 272 g/mol. The zero-order valence-electron chi connectivity index (χ0n) is 12.3. The summed E-state index contributed by atoms with van der Waals surface area (Å²) >= 11 is 0. The van der Waals surface area contributed by atoms with Crippen molar-refractivity contribution in [1.29, 1.82) is 0 Å². The van der Waals surface area contributed by atoms with Crippen molar-refractivity contribution >= 4 is 24.0 Å². The molecule has 20 heavy (non-hydrogen) atoms. The van der Waals surface area contributed by atoms with Crippen LogP contribution < -0.4 is 11.1 Å². The fourth-order valence-electron chi connectivity index (χ4n) is 2.88. The second-order valence-electron chi connectivity index (χ2n) is 5.95. The third-order valence-electron chi connectivity index (χ3n) is 4.20. The minimum atomic E-state index is 0. The predicted molar refractivity (Wildman–Crippen MR) is 86.2 cm³/mol. The Morgan fingerprint density at radius 3 is 2.45 bits per heavy atom. The monoisotopic (exact) mass is 296 g/mol. The number of nitrogens with two attached hydrogens (primary N) is 1. The van der Waals surface area contributed by atoms with E-state index in [0.29, 0.717) is 17.3 Å². The molecule has 0 unspecified atom stereocenters. The summed E-state index contributed by atoms with van der Waals surface area (Å²) in [5, 5.41) is 3.13. The standard InChI is InChI=1S/C16H24N2O.ClH/c1-11(2)12-6-8-15(9-7-12)18-16(19)13-4-3-5-14(17)10-13;/h3-5,10-12,15H,6-9,17H2,1-2H3,(H,18,19);1H. The zero-order chi connectivity index (χ0) is 13.8. The molecule has 0 radical (unpaired) electrons. The largest absolute Gasteiger partial charge is 0.399 e. The third-order valence-corrected chi connectivity index (χ3v) is 4.20. The van der Waals surface area contributed by atoms with Gasteiger partial charge in [0.2, 0.25) is 0 Å². The molecule has 0 heterocycles. The first kappa shape index (κ1) is 16.8. The molecular formula is C16H25ClN2O. The van der Waals surface area contributed by atoms with Crippen LogP contribution in [0.2, 0.25) is 0 Å². The Hall–Kier alpha value is -1.22. The molecule has 1 saturated carbocycles. The fraction of sp³-hybridized carbons (Fsp3) is 0.562. The van der Waals surface area contributed by atoms with Crippen molar-refractivity contribution in [2.45, 2.75) is 45.6 Å². The van der Waals surface area contributed by atoms with Gasteiger partial charge in [-0.2, -0.15) is 0 Å². The summed E-state index contributed by atoms with van der Waals surface area (Å²) in [6.45, 7) is 4.58. The lowest BCUT2D eigenvalue weighted by Crippen LogP contribution is -2.38. The van der Waals surface area contributed by atoms with Gasteiger partial charge >= 0.3 is 0 Å². The third kappa shape index (κ3) is 4.41.